The maximum Gasteiger partial charge on any atom is 0.311 e. The van der Waals surface area contributed by atoms with Crippen molar-refractivity contribution in [1.29, 1.82) is 0 Å². The summed E-state index contributed by atoms with van der Waals surface area (Å²) < 4.78 is 23.3. The van der Waals surface area contributed by atoms with Crippen LogP contribution in [0.15, 0.2) is 85.1 Å². The molecule has 19 atom stereocenters. The van der Waals surface area contributed by atoms with Gasteiger partial charge in [-0.1, -0.05) is 98.9 Å². The highest BCUT2D eigenvalue weighted by Crippen LogP contribution is 2.38. The minimum atomic E-state index is -2.36. The van der Waals surface area contributed by atoms with E-state index in [1.807, 2.05) is 13.0 Å². The average Bonchev–Trinajstić information content (AvgIpc) is 3.24. The van der Waals surface area contributed by atoms with Gasteiger partial charge < -0.3 is 80.4 Å². The lowest BCUT2D eigenvalue weighted by Crippen LogP contribution is -2.64. The Labute approximate surface area is 398 Å². The van der Waals surface area contributed by atoms with E-state index in [0.29, 0.717) is 0 Å². The number of esters is 1. The number of allylic oxidation sites excluding steroid dienone is 12. The minimum absolute atomic E-state index is 0.119. The topological polar surface area (TPSA) is 323 Å². The zero-order chi connectivity index (χ0) is 50.7. The molecule has 1 amide bonds. The summed E-state index contributed by atoms with van der Waals surface area (Å²) in [4.78, 5) is 37.1. The first-order valence-corrected chi connectivity index (χ1v) is 23.2. The number of carbonyl (C=O) groups is 3. The van der Waals surface area contributed by atoms with Crippen molar-refractivity contribution in [1.82, 2.24) is 5.32 Å². The molecular weight excluding hydrogens is 891 g/mol. The molecule has 0 aromatic rings. The Bertz CT molecular complexity index is 1780. The van der Waals surface area contributed by atoms with Crippen LogP contribution in [0, 0.1) is 17.8 Å². The first-order valence-electron chi connectivity index (χ1n) is 23.2. The molecule has 3 aliphatic rings. The number of aliphatic hydroxyl groups is 10. The summed E-state index contributed by atoms with van der Waals surface area (Å²) in [5.41, 5.74) is 0. The molecule has 19 heteroatoms. The molecule has 3 aliphatic heterocycles. The molecule has 384 valence electrons. The van der Waals surface area contributed by atoms with E-state index in [2.05, 4.69) is 5.32 Å². The van der Waals surface area contributed by atoms with E-state index < -0.39 is 153 Å². The van der Waals surface area contributed by atoms with Gasteiger partial charge in [-0.2, -0.15) is 0 Å². The molecule has 68 heavy (non-hydrogen) atoms. The monoisotopic (exact) mass is 965 g/mol. The number of fused-ring (bicyclic) bond motifs is 2. The lowest BCUT2D eigenvalue weighted by Gasteiger charge is -2.45. The van der Waals surface area contributed by atoms with Crippen molar-refractivity contribution in [3.8, 4) is 0 Å². The van der Waals surface area contributed by atoms with Crippen molar-refractivity contribution in [3.05, 3.63) is 85.1 Å². The summed E-state index contributed by atoms with van der Waals surface area (Å²) in [7, 11) is 0. The van der Waals surface area contributed by atoms with Crippen LogP contribution >= 0.6 is 0 Å². The van der Waals surface area contributed by atoms with Crippen molar-refractivity contribution in [2.45, 2.75) is 183 Å². The van der Waals surface area contributed by atoms with Gasteiger partial charge in [0.15, 0.2) is 12.1 Å². The van der Waals surface area contributed by atoms with Gasteiger partial charge in [0.05, 0.1) is 73.5 Å². The van der Waals surface area contributed by atoms with Crippen LogP contribution in [0.4, 0.5) is 0 Å². The summed E-state index contributed by atoms with van der Waals surface area (Å²) in [5, 5.41) is 122. The van der Waals surface area contributed by atoms with Crippen molar-refractivity contribution in [2.75, 3.05) is 0 Å². The molecular formula is C49H75NO18. The number of carbonyl (C=O) groups excluding carboxylic acids is 2. The van der Waals surface area contributed by atoms with E-state index in [9.17, 15) is 70.6 Å². The zero-order valence-corrected chi connectivity index (χ0v) is 39.4. The fraction of sp³-hybridized carbons (Fsp3) is 0.653. The molecule has 0 spiro atoms. The molecule has 0 radical (unpaired) electrons. The summed E-state index contributed by atoms with van der Waals surface area (Å²) >= 11 is 0. The van der Waals surface area contributed by atoms with E-state index in [4.69, 9.17) is 18.9 Å². The standard InChI is InChI=1S/C49H75NO18/c1-28-18-16-14-12-10-8-6-7-9-11-13-15-17-19-36(67-48-46(61)43(50-32(5)51)45(60)31(4)66-48)25-40-42(47(62)63)39(57)27-49(64,68-40)26-35(54)23-38(56)37(55)21-20-33(52)22-34(53)24-41(58)65-30(3)29(2)44(28)59/h6-19,28-31,33-40,42-46,48,52-57,59-61,64H,20-27H2,1-5H3,(H,50,51)(H,62,63)/b7-6+,10-8+,11-9+,14-12-,15-13+,18-16+,19-17+/t28-,29-,30-,31-,33+,34+,35-,36-,37+,38+,39-,40-,42+,43+,44+,45+,46+,48-,49+/m0/s1. The molecule has 0 aromatic carbocycles. The van der Waals surface area contributed by atoms with E-state index in [1.54, 1.807) is 86.8 Å². The molecule has 0 aliphatic carbocycles. The number of ether oxygens (including phenoxy) is 4. The van der Waals surface area contributed by atoms with E-state index in [-0.39, 0.29) is 31.6 Å². The molecule has 3 heterocycles. The van der Waals surface area contributed by atoms with Crippen LogP contribution in [0.1, 0.15) is 86.0 Å². The predicted molar refractivity (Wildman–Crippen MR) is 247 cm³/mol. The summed E-state index contributed by atoms with van der Waals surface area (Å²) in [6.45, 7) is 7.90. The minimum Gasteiger partial charge on any atom is -0.481 e. The van der Waals surface area contributed by atoms with Gasteiger partial charge in [-0.25, -0.2) is 0 Å². The second kappa shape index (κ2) is 28.7. The quantitative estimate of drug-likeness (QED) is 0.174. The molecule has 0 aromatic heterocycles. The molecule has 0 saturated carbocycles. The van der Waals surface area contributed by atoms with Crippen LogP contribution in [0.2, 0.25) is 0 Å². The number of amides is 1. The number of carboxylic acid groups (broad SMARTS) is 1. The van der Waals surface area contributed by atoms with Gasteiger partial charge >= 0.3 is 11.9 Å². The van der Waals surface area contributed by atoms with Gasteiger partial charge in [-0.15, -0.1) is 0 Å². The number of cyclic esters (lactones) is 1. The highest BCUT2D eigenvalue weighted by Gasteiger charge is 2.51. The van der Waals surface area contributed by atoms with Gasteiger partial charge in [0, 0.05) is 44.4 Å². The molecule has 3 rings (SSSR count). The third kappa shape index (κ3) is 19.5. The average molecular weight is 966 g/mol. The zero-order valence-electron chi connectivity index (χ0n) is 39.4. The second-order valence-electron chi connectivity index (χ2n) is 18.2. The first kappa shape index (κ1) is 58.4. The Balaban J connectivity index is 1.90. The van der Waals surface area contributed by atoms with Crippen molar-refractivity contribution in [2.24, 2.45) is 17.8 Å². The van der Waals surface area contributed by atoms with Crippen molar-refractivity contribution in [3.63, 3.8) is 0 Å². The summed E-state index contributed by atoms with van der Waals surface area (Å²) in [6, 6.07) is -1.21. The molecule has 2 saturated heterocycles. The van der Waals surface area contributed by atoms with Gasteiger partial charge in [0.25, 0.3) is 0 Å². The lowest BCUT2D eigenvalue weighted by molar-refractivity contribution is -0.309. The third-order valence-electron chi connectivity index (χ3n) is 12.3. The number of aliphatic hydroxyl groups excluding tert-OH is 9. The van der Waals surface area contributed by atoms with Crippen LogP contribution < -0.4 is 5.32 Å². The van der Waals surface area contributed by atoms with E-state index >= 15 is 0 Å². The van der Waals surface area contributed by atoms with Crippen molar-refractivity contribution >= 4 is 17.8 Å². The molecule has 12 N–H and O–H groups in total. The smallest absolute Gasteiger partial charge is 0.311 e. The number of hydrogen-bond acceptors (Lipinski definition) is 17. The highest BCUT2D eigenvalue weighted by molar-refractivity contribution is 5.73. The normalized spacial score (nSPS) is 43.9. The van der Waals surface area contributed by atoms with Crippen LogP contribution in [-0.4, -0.2) is 171 Å². The number of aliphatic carboxylic acids is 1. The Morgan fingerprint density at radius 1 is 0.662 bits per heavy atom. The maximum atomic E-state index is 12.6. The Kier molecular flexibility index (Phi) is 24.6. The SMILES string of the molecule is CC(=O)N[C@H]1[C@@H](O)[C@H](O[C@H]2/C=C/C=C/C=C/C=C/C=C/C=C\C=C\[C@H](C)[C@@H](O)[C@@H](C)[C@H](C)OC(=O)C[C@H](O)C[C@H](O)CC[C@@H](O)[C@H](O)C[C@H](O)C[C@]3(O)C[C@H](O)[C@@H](C(=O)O)[C@H](C2)O3)O[C@@H](C)[C@H]1O. The summed E-state index contributed by atoms with van der Waals surface area (Å²) in [5.74, 6) is -7.49. The van der Waals surface area contributed by atoms with Crippen LogP contribution in [0.5, 0.6) is 0 Å². The maximum absolute atomic E-state index is 12.6. The number of nitrogens with one attached hydrogen (secondary N) is 1. The molecule has 2 bridgehead atoms. The molecule has 0 unspecified atom stereocenters. The van der Waals surface area contributed by atoms with Crippen LogP contribution in [0.25, 0.3) is 0 Å². The highest BCUT2D eigenvalue weighted by atomic mass is 16.7. The fourth-order valence-corrected chi connectivity index (χ4v) is 8.34. The van der Waals surface area contributed by atoms with Crippen molar-refractivity contribution < 1.29 is 89.5 Å². The van der Waals surface area contributed by atoms with Gasteiger partial charge in [0.2, 0.25) is 5.91 Å². The van der Waals surface area contributed by atoms with Crippen LogP contribution in [0.3, 0.4) is 0 Å². The molecule has 2 fully saturated rings. The number of hydrogen-bond donors (Lipinski definition) is 12. The van der Waals surface area contributed by atoms with E-state index in [1.165, 1.54) is 19.9 Å². The van der Waals surface area contributed by atoms with Gasteiger partial charge in [0.1, 0.15) is 24.2 Å². The lowest BCUT2D eigenvalue weighted by atomic mass is 9.82. The number of carboxylic acids is 1. The van der Waals surface area contributed by atoms with Gasteiger partial charge in [-0.3, -0.25) is 14.4 Å². The Morgan fingerprint density at radius 3 is 1.81 bits per heavy atom. The van der Waals surface area contributed by atoms with E-state index in [0.717, 1.165) is 0 Å². The Hall–Kier alpha value is -3.93. The van der Waals surface area contributed by atoms with Crippen LogP contribution in [-0.2, 0) is 33.3 Å². The Morgan fingerprint density at radius 2 is 1.24 bits per heavy atom. The first-order chi connectivity index (χ1) is 32.0. The fourth-order valence-electron chi connectivity index (χ4n) is 8.34. The largest absolute Gasteiger partial charge is 0.481 e. The molecule has 19 nitrogen and oxygen atoms in total. The number of rotatable bonds is 4. The summed E-state index contributed by atoms with van der Waals surface area (Å²) in [6.07, 6.45) is 2.48. The second-order valence-corrected chi connectivity index (χ2v) is 18.2. The predicted octanol–water partition coefficient (Wildman–Crippen LogP) is 0.889. The van der Waals surface area contributed by atoms with Gasteiger partial charge in [-0.05, 0) is 33.1 Å². The third-order valence-corrected chi connectivity index (χ3v) is 12.3.